The molecule has 0 saturated heterocycles. The second-order valence-corrected chi connectivity index (χ2v) is 6.74. The van der Waals surface area contributed by atoms with E-state index in [4.69, 9.17) is 0 Å². The van der Waals surface area contributed by atoms with Gasteiger partial charge in [0.2, 0.25) is 0 Å². The van der Waals surface area contributed by atoms with Crippen LogP contribution in [0.4, 0.5) is 0 Å². The Kier molecular flexibility index (Phi) is 3.72. The summed E-state index contributed by atoms with van der Waals surface area (Å²) in [6, 6.07) is 8.19. The van der Waals surface area contributed by atoms with E-state index in [2.05, 4.69) is 4.98 Å². The monoisotopic (exact) mass is 289 g/mol. The average Bonchev–Trinajstić information content (AvgIpc) is 2.37. The van der Waals surface area contributed by atoms with Crippen LogP contribution in [0.15, 0.2) is 41.4 Å². The SMILES string of the molecule is CC(=O)c1ccc(S(C)(=O)=O)cc1-c1ccc(C)nc1. The van der Waals surface area contributed by atoms with Crippen molar-refractivity contribution in [3.05, 3.63) is 47.8 Å². The summed E-state index contributed by atoms with van der Waals surface area (Å²) in [7, 11) is -3.32. The molecule has 0 aliphatic heterocycles. The van der Waals surface area contributed by atoms with E-state index in [1.54, 1.807) is 12.3 Å². The molecule has 2 aromatic rings. The molecular formula is C15H15NO3S. The van der Waals surface area contributed by atoms with Gasteiger partial charge >= 0.3 is 0 Å². The van der Waals surface area contributed by atoms with Gasteiger partial charge in [-0.05, 0) is 43.7 Å². The number of nitrogens with zero attached hydrogens (tertiary/aromatic N) is 1. The van der Waals surface area contributed by atoms with E-state index in [-0.39, 0.29) is 10.7 Å². The summed E-state index contributed by atoms with van der Waals surface area (Å²) in [6.07, 6.45) is 2.79. The second-order valence-electron chi connectivity index (χ2n) is 4.72. The molecule has 0 saturated carbocycles. The molecule has 1 heterocycles. The van der Waals surface area contributed by atoms with Crippen molar-refractivity contribution >= 4 is 15.6 Å². The van der Waals surface area contributed by atoms with Gasteiger partial charge < -0.3 is 0 Å². The van der Waals surface area contributed by atoms with Crippen LogP contribution in [-0.4, -0.2) is 25.4 Å². The molecule has 0 aliphatic carbocycles. The minimum Gasteiger partial charge on any atom is -0.294 e. The van der Waals surface area contributed by atoms with Crippen molar-refractivity contribution in [3.63, 3.8) is 0 Å². The maximum absolute atomic E-state index is 11.7. The van der Waals surface area contributed by atoms with E-state index in [1.807, 2.05) is 19.1 Å². The Morgan fingerprint density at radius 3 is 2.35 bits per heavy atom. The molecular weight excluding hydrogens is 274 g/mol. The highest BCUT2D eigenvalue weighted by Gasteiger charge is 2.14. The van der Waals surface area contributed by atoms with Crippen LogP contribution in [0.1, 0.15) is 23.0 Å². The number of sulfone groups is 1. The summed E-state index contributed by atoms with van der Waals surface area (Å²) in [4.78, 5) is 16.1. The van der Waals surface area contributed by atoms with Gasteiger partial charge in [-0.25, -0.2) is 8.42 Å². The van der Waals surface area contributed by atoms with Crippen LogP contribution < -0.4 is 0 Å². The van der Waals surface area contributed by atoms with Crippen LogP contribution in [0.2, 0.25) is 0 Å². The van der Waals surface area contributed by atoms with E-state index in [0.717, 1.165) is 17.5 Å². The molecule has 0 N–H and O–H groups in total. The summed E-state index contributed by atoms with van der Waals surface area (Å²) in [5.41, 5.74) is 2.67. The Morgan fingerprint density at radius 2 is 1.85 bits per heavy atom. The maximum Gasteiger partial charge on any atom is 0.175 e. The number of carbonyl (C=O) groups excluding carboxylic acids is 1. The predicted molar refractivity (Wildman–Crippen MR) is 77.5 cm³/mol. The second kappa shape index (κ2) is 5.17. The molecule has 0 bridgehead atoms. The van der Waals surface area contributed by atoms with Crippen LogP contribution >= 0.6 is 0 Å². The molecule has 0 radical (unpaired) electrons. The number of pyridine rings is 1. The quantitative estimate of drug-likeness (QED) is 0.815. The molecule has 4 nitrogen and oxygen atoms in total. The Balaban J connectivity index is 2.70. The van der Waals surface area contributed by atoms with Crippen molar-refractivity contribution in [1.29, 1.82) is 0 Å². The first kappa shape index (κ1) is 14.4. The molecule has 0 amide bonds. The molecule has 104 valence electrons. The third-order valence-electron chi connectivity index (χ3n) is 3.02. The van der Waals surface area contributed by atoms with E-state index in [9.17, 15) is 13.2 Å². The van der Waals surface area contributed by atoms with Crippen molar-refractivity contribution in [1.82, 2.24) is 4.98 Å². The number of benzene rings is 1. The summed E-state index contributed by atoms with van der Waals surface area (Å²) in [5.74, 6) is -0.111. The molecule has 0 fully saturated rings. The van der Waals surface area contributed by atoms with Gasteiger partial charge in [-0.15, -0.1) is 0 Å². The molecule has 20 heavy (non-hydrogen) atoms. The lowest BCUT2D eigenvalue weighted by molar-refractivity contribution is 0.101. The van der Waals surface area contributed by atoms with Gasteiger partial charge in [0, 0.05) is 29.3 Å². The van der Waals surface area contributed by atoms with Gasteiger partial charge in [0.25, 0.3) is 0 Å². The van der Waals surface area contributed by atoms with E-state index in [0.29, 0.717) is 11.1 Å². The Labute approximate surface area is 118 Å². The van der Waals surface area contributed by atoms with Gasteiger partial charge in [0.05, 0.1) is 4.90 Å². The summed E-state index contributed by atoms with van der Waals surface area (Å²) >= 11 is 0. The van der Waals surface area contributed by atoms with Crippen molar-refractivity contribution in [2.24, 2.45) is 0 Å². The summed E-state index contributed by atoms with van der Waals surface area (Å²) in [5, 5.41) is 0. The standard InChI is InChI=1S/C15H15NO3S/c1-10-4-5-12(9-16-10)15-8-13(20(3,18)19)6-7-14(15)11(2)17/h4-9H,1-3H3. The summed E-state index contributed by atoms with van der Waals surface area (Å²) in [6.45, 7) is 3.32. The zero-order valence-corrected chi connectivity index (χ0v) is 12.4. The highest BCUT2D eigenvalue weighted by atomic mass is 32.2. The average molecular weight is 289 g/mol. The Hall–Kier alpha value is -2.01. The molecule has 0 unspecified atom stereocenters. The van der Waals surface area contributed by atoms with E-state index >= 15 is 0 Å². The normalized spacial score (nSPS) is 11.3. The number of hydrogen-bond acceptors (Lipinski definition) is 4. The first-order valence-electron chi connectivity index (χ1n) is 6.07. The van der Waals surface area contributed by atoms with Crippen molar-refractivity contribution in [2.75, 3.05) is 6.26 Å². The number of rotatable bonds is 3. The fraction of sp³-hybridized carbons (Fsp3) is 0.200. The lowest BCUT2D eigenvalue weighted by Gasteiger charge is -2.09. The lowest BCUT2D eigenvalue weighted by Crippen LogP contribution is -2.02. The zero-order chi connectivity index (χ0) is 14.9. The largest absolute Gasteiger partial charge is 0.294 e. The lowest BCUT2D eigenvalue weighted by atomic mass is 9.98. The highest BCUT2D eigenvalue weighted by molar-refractivity contribution is 7.90. The fourth-order valence-electron chi connectivity index (χ4n) is 1.93. The number of Topliss-reactive ketones (excluding diaryl/α,β-unsaturated/α-hetero) is 1. The fourth-order valence-corrected chi connectivity index (χ4v) is 2.57. The molecule has 1 aromatic carbocycles. The number of ketones is 1. The molecule has 1 aromatic heterocycles. The van der Waals surface area contributed by atoms with Gasteiger partial charge in [0.1, 0.15) is 0 Å². The smallest absolute Gasteiger partial charge is 0.175 e. The predicted octanol–water partition coefficient (Wildman–Crippen LogP) is 2.66. The van der Waals surface area contributed by atoms with Crippen LogP contribution in [-0.2, 0) is 9.84 Å². The van der Waals surface area contributed by atoms with Gasteiger partial charge in [-0.3, -0.25) is 9.78 Å². The first-order chi connectivity index (χ1) is 9.29. The van der Waals surface area contributed by atoms with Gasteiger partial charge in [0.15, 0.2) is 15.6 Å². The molecule has 0 aliphatic rings. The molecule has 2 rings (SSSR count). The summed E-state index contributed by atoms with van der Waals surface area (Å²) < 4.78 is 23.3. The number of aromatic nitrogens is 1. The van der Waals surface area contributed by atoms with E-state index in [1.165, 1.54) is 19.1 Å². The maximum atomic E-state index is 11.7. The minimum absolute atomic E-state index is 0.111. The van der Waals surface area contributed by atoms with Crippen molar-refractivity contribution in [2.45, 2.75) is 18.7 Å². The minimum atomic E-state index is -3.32. The number of hydrogen-bond donors (Lipinski definition) is 0. The topological polar surface area (TPSA) is 64.1 Å². The number of aryl methyl sites for hydroxylation is 1. The van der Waals surface area contributed by atoms with Gasteiger partial charge in [-0.1, -0.05) is 6.07 Å². The first-order valence-corrected chi connectivity index (χ1v) is 7.96. The zero-order valence-electron chi connectivity index (χ0n) is 11.5. The molecule has 0 spiro atoms. The Morgan fingerprint density at radius 1 is 1.15 bits per heavy atom. The van der Waals surface area contributed by atoms with Crippen LogP contribution in [0.5, 0.6) is 0 Å². The van der Waals surface area contributed by atoms with Gasteiger partial charge in [-0.2, -0.15) is 0 Å². The van der Waals surface area contributed by atoms with E-state index < -0.39 is 9.84 Å². The van der Waals surface area contributed by atoms with Crippen LogP contribution in [0.3, 0.4) is 0 Å². The number of carbonyl (C=O) groups is 1. The molecule has 0 atom stereocenters. The van der Waals surface area contributed by atoms with Crippen LogP contribution in [0, 0.1) is 6.92 Å². The van der Waals surface area contributed by atoms with Crippen molar-refractivity contribution in [3.8, 4) is 11.1 Å². The third-order valence-corrected chi connectivity index (χ3v) is 4.13. The van der Waals surface area contributed by atoms with Crippen LogP contribution in [0.25, 0.3) is 11.1 Å². The Bertz CT molecular complexity index is 762. The highest BCUT2D eigenvalue weighted by Crippen LogP contribution is 2.27. The molecule has 5 heteroatoms. The van der Waals surface area contributed by atoms with Crippen molar-refractivity contribution < 1.29 is 13.2 Å². The third kappa shape index (κ3) is 2.93.